The molecule has 0 radical (unpaired) electrons. The number of halogens is 3. The van der Waals surface area contributed by atoms with Gasteiger partial charge in [-0.3, -0.25) is 0 Å². The summed E-state index contributed by atoms with van der Waals surface area (Å²) in [5, 5.41) is 0. The van der Waals surface area contributed by atoms with Crippen molar-refractivity contribution in [3.63, 3.8) is 0 Å². The fourth-order valence-corrected chi connectivity index (χ4v) is 6.01. The van der Waals surface area contributed by atoms with E-state index < -0.39 is 15.6 Å². The van der Waals surface area contributed by atoms with Gasteiger partial charge in [-0.1, -0.05) is 36.4 Å². The van der Waals surface area contributed by atoms with Gasteiger partial charge >= 0.3 is 15.6 Å². The molecule has 1 saturated carbocycles. The Kier molecular flexibility index (Phi) is 6.29. The quantitative estimate of drug-likeness (QED) is 0.427. The first-order chi connectivity index (χ1) is 15.1. The van der Waals surface area contributed by atoms with Crippen molar-refractivity contribution < 1.29 is 30.5 Å². The number of ether oxygens (including phenoxy) is 1. The van der Waals surface area contributed by atoms with Crippen LogP contribution < -0.4 is 4.18 Å². The smallest absolute Gasteiger partial charge is 0.381 e. The maximum atomic E-state index is 12.8. The second-order valence-corrected chi connectivity index (χ2v) is 10.4. The third-order valence-electron chi connectivity index (χ3n) is 7.04. The zero-order valence-electron chi connectivity index (χ0n) is 17.9. The first kappa shape index (κ1) is 23.1. The Labute approximate surface area is 186 Å². The van der Waals surface area contributed by atoms with Gasteiger partial charge in [0.15, 0.2) is 0 Å². The number of fused-ring (bicyclic) bond motifs is 3. The van der Waals surface area contributed by atoms with Crippen LogP contribution in [0.15, 0.2) is 48.5 Å². The van der Waals surface area contributed by atoms with Gasteiger partial charge in [-0.2, -0.15) is 21.6 Å². The lowest BCUT2D eigenvalue weighted by atomic mass is 9.58. The van der Waals surface area contributed by atoms with E-state index in [2.05, 4.69) is 16.3 Å². The van der Waals surface area contributed by atoms with Crippen LogP contribution >= 0.6 is 0 Å². The molecule has 0 heterocycles. The first-order valence-corrected chi connectivity index (χ1v) is 12.3. The van der Waals surface area contributed by atoms with Crippen LogP contribution in [0.2, 0.25) is 0 Å². The normalized spacial score (nSPS) is 26.0. The minimum atomic E-state index is -5.70. The number of aryl methyl sites for hydroxylation is 1. The predicted molar refractivity (Wildman–Crippen MR) is 115 cm³/mol. The lowest BCUT2D eigenvalue weighted by molar-refractivity contribution is -0.0500. The molecule has 3 unspecified atom stereocenters. The predicted octanol–water partition coefficient (Wildman–Crippen LogP) is 5.55. The van der Waals surface area contributed by atoms with Crippen LogP contribution in [0, 0.1) is 5.92 Å². The van der Waals surface area contributed by atoms with E-state index in [9.17, 15) is 21.6 Å². The Hall–Kier alpha value is -2.06. The zero-order valence-corrected chi connectivity index (χ0v) is 18.7. The molecule has 2 aromatic rings. The fourth-order valence-electron chi connectivity index (χ4n) is 5.56. The van der Waals surface area contributed by atoms with Crippen molar-refractivity contribution in [2.45, 2.75) is 62.0 Å². The molecule has 2 aliphatic carbocycles. The van der Waals surface area contributed by atoms with Crippen LogP contribution in [0.1, 0.15) is 48.8 Å². The van der Waals surface area contributed by atoms with Gasteiger partial charge in [0.25, 0.3) is 0 Å². The second kappa shape index (κ2) is 8.71. The van der Waals surface area contributed by atoms with Gasteiger partial charge in [-0.15, -0.1) is 0 Å². The summed E-state index contributed by atoms with van der Waals surface area (Å²) in [5.74, 6) is 0.0771. The van der Waals surface area contributed by atoms with Crippen LogP contribution in [0.25, 0.3) is 0 Å². The third kappa shape index (κ3) is 4.39. The molecule has 174 valence electrons. The topological polar surface area (TPSA) is 52.6 Å². The van der Waals surface area contributed by atoms with E-state index in [0.29, 0.717) is 12.3 Å². The van der Waals surface area contributed by atoms with Gasteiger partial charge < -0.3 is 8.92 Å². The number of methoxy groups -OCH3 is 1. The van der Waals surface area contributed by atoms with Crippen LogP contribution in [0.3, 0.4) is 0 Å². The summed E-state index contributed by atoms with van der Waals surface area (Å²) in [6.07, 6.45) is 6.29. The van der Waals surface area contributed by atoms with Crippen molar-refractivity contribution in [2.24, 2.45) is 5.92 Å². The Morgan fingerprint density at radius 3 is 2.53 bits per heavy atom. The van der Waals surface area contributed by atoms with E-state index in [-0.39, 0.29) is 17.3 Å². The van der Waals surface area contributed by atoms with E-state index in [1.54, 1.807) is 13.2 Å². The molecule has 0 spiro atoms. The van der Waals surface area contributed by atoms with Gasteiger partial charge in [0, 0.05) is 12.5 Å². The van der Waals surface area contributed by atoms with Crippen molar-refractivity contribution in [1.29, 1.82) is 0 Å². The van der Waals surface area contributed by atoms with Crippen molar-refractivity contribution in [3.8, 4) is 5.75 Å². The van der Waals surface area contributed by atoms with Crippen LogP contribution in [-0.4, -0.2) is 27.1 Å². The summed E-state index contributed by atoms with van der Waals surface area (Å²) in [7, 11) is -3.96. The molecule has 4 nitrogen and oxygen atoms in total. The summed E-state index contributed by atoms with van der Waals surface area (Å²) in [5.41, 5.74) is -2.47. The molecule has 0 N–H and O–H groups in total. The molecule has 0 aliphatic heterocycles. The lowest BCUT2D eigenvalue weighted by Gasteiger charge is -2.47. The van der Waals surface area contributed by atoms with Crippen molar-refractivity contribution in [2.75, 3.05) is 7.11 Å². The molecule has 0 saturated heterocycles. The van der Waals surface area contributed by atoms with E-state index in [1.807, 2.05) is 18.2 Å². The Morgan fingerprint density at radius 1 is 1.09 bits per heavy atom. The molecule has 4 rings (SSSR count). The molecule has 0 bridgehead atoms. The molecule has 2 aromatic carbocycles. The number of alkyl halides is 3. The summed E-state index contributed by atoms with van der Waals surface area (Å²) < 4.78 is 71.5. The average molecular weight is 469 g/mol. The number of rotatable bonds is 5. The molecule has 2 aliphatic rings. The highest BCUT2D eigenvalue weighted by Crippen LogP contribution is 2.52. The Morgan fingerprint density at radius 2 is 1.84 bits per heavy atom. The van der Waals surface area contributed by atoms with Gasteiger partial charge in [0.2, 0.25) is 0 Å². The maximum absolute atomic E-state index is 12.8. The summed E-state index contributed by atoms with van der Waals surface area (Å²) in [6.45, 7) is 0. The lowest BCUT2D eigenvalue weighted by Crippen LogP contribution is -2.44. The van der Waals surface area contributed by atoms with E-state index in [0.717, 1.165) is 49.7 Å². The summed E-state index contributed by atoms with van der Waals surface area (Å²) in [4.78, 5) is 0. The average Bonchev–Trinajstić information content (AvgIpc) is 2.89. The second-order valence-electron chi connectivity index (χ2n) is 8.84. The van der Waals surface area contributed by atoms with Crippen LogP contribution in [-0.2, 0) is 33.1 Å². The molecule has 1 fully saturated rings. The summed E-state index contributed by atoms with van der Waals surface area (Å²) in [6, 6.07) is 14.8. The fraction of sp³-hybridized carbons (Fsp3) is 0.500. The molecule has 3 atom stereocenters. The molecular formula is C24H27F3O4S. The molecule has 32 heavy (non-hydrogen) atoms. The van der Waals surface area contributed by atoms with Crippen LogP contribution in [0.5, 0.6) is 5.75 Å². The summed E-state index contributed by atoms with van der Waals surface area (Å²) >= 11 is 0. The van der Waals surface area contributed by atoms with E-state index in [4.69, 9.17) is 4.74 Å². The monoisotopic (exact) mass is 468 g/mol. The van der Waals surface area contributed by atoms with Gasteiger partial charge in [-0.25, -0.2) is 0 Å². The highest BCUT2D eigenvalue weighted by atomic mass is 32.2. The van der Waals surface area contributed by atoms with E-state index >= 15 is 0 Å². The highest BCUT2D eigenvalue weighted by molar-refractivity contribution is 7.88. The van der Waals surface area contributed by atoms with Gasteiger partial charge in [0.05, 0.1) is 6.10 Å². The largest absolute Gasteiger partial charge is 0.534 e. The van der Waals surface area contributed by atoms with Crippen molar-refractivity contribution in [1.82, 2.24) is 0 Å². The SMILES string of the molecule is COC1CCC2(Cc3ccccc3)c3ccc(OS(=O)(=O)C(F)(F)F)cc3CCCC2C1. The molecule has 8 heteroatoms. The van der Waals surface area contributed by atoms with Crippen molar-refractivity contribution in [3.05, 3.63) is 65.2 Å². The van der Waals surface area contributed by atoms with Gasteiger partial charge in [0.1, 0.15) is 5.75 Å². The maximum Gasteiger partial charge on any atom is 0.534 e. The molecule has 0 aromatic heterocycles. The number of benzene rings is 2. The van der Waals surface area contributed by atoms with Gasteiger partial charge in [-0.05, 0) is 79.7 Å². The first-order valence-electron chi connectivity index (χ1n) is 10.9. The molecular weight excluding hydrogens is 441 g/mol. The Balaban J connectivity index is 1.75. The number of hydrogen-bond donors (Lipinski definition) is 0. The van der Waals surface area contributed by atoms with Crippen molar-refractivity contribution >= 4 is 10.1 Å². The Bertz CT molecular complexity index is 1050. The molecule has 0 amide bonds. The van der Waals surface area contributed by atoms with Crippen LogP contribution in [0.4, 0.5) is 13.2 Å². The number of hydrogen-bond acceptors (Lipinski definition) is 4. The zero-order chi connectivity index (χ0) is 23.0. The van der Waals surface area contributed by atoms with E-state index in [1.165, 1.54) is 17.7 Å². The highest BCUT2D eigenvalue weighted by Gasteiger charge is 2.49. The standard InChI is InChI=1S/C24H27F3O4S/c1-30-20-12-13-23(16-17-6-3-2-4-7-17)19(15-20)9-5-8-18-14-21(10-11-22(18)23)31-32(28,29)24(25,26)27/h2-4,6-7,10-11,14,19-20H,5,8-9,12-13,15-16H2,1H3. The minimum Gasteiger partial charge on any atom is -0.381 e. The minimum absolute atomic E-state index is 0.177. The third-order valence-corrected chi connectivity index (χ3v) is 8.02.